The van der Waals surface area contributed by atoms with E-state index >= 15 is 0 Å². The van der Waals surface area contributed by atoms with Crippen LogP contribution in [0.3, 0.4) is 0 Å². The van der Waals surface area contributed by atoms with Gasteiger partial charge in [0.05, 0.1) is 13.2 Å². The molecule has 0 aromatic rings. The lowest BCUT2D eigenvalue weighted by Crippen LogP contribution is -2.47. The standard InChI is InChI=1S/C16H29N3O3/c1-17(2)15(20)19-7-10-22-13-16(12-19)5-6-18(11-16)14-3-8-21-9-4-14/h14H,3-13H2,1-2H3/t16-/m1/s1. The van der Waals surface area contributed by atoms with Crippen molar-refractivity contribution < 1.29 is 14.3 Å². The van der Waals surface area contributed by atoms with E-state index in [0.29, 0.717) is 19.2 Å². The van der Waals surface area contributed by atoms with E-state index in [1.807, 2.05) is 19.0 Å². The van der Waals surface area contributed by atoms with Crippen LogP contribution in [0.15, 0.2) is 0 Å². The Kier molecular flexibility index (Phi) is 4.90. The second kappa shape index (κ2) is 6.72. The highest BCUT2D eigenvalue weighted by Crippen LogP contribution is 2.36. The van der Waals surface area contributed by atoms with Gasteiger partial charge in [-0.1, -0.05) is 0 Å². The molecular weight excluding hydrogens is 282 g/mol. The predicted octanol–water partition coefficient (Wildman–Crippen LogP) is 0.871. The van der Waals surface area contributed by atoms with Crippen LogP contribution in [0.1, 0.15) is 19.3 Å². The fraction of sp³-hybridized carbons (Fsp3) is 0.938. The molecule has 0 N–H and O–H groups in total. The number of amides is 2. The Balaban J connectivity index is 1.65. The van der Waals surface area contributed by atoms with Crippen LogP contribution >= 0.6 is 0 Å². The van der Waals surface area contributed by atoms with Gasteiger partial charge in [0.2, 0.25) is 0 Å². The zero-order chi connectivity index (χ0) is 15.6. The highest BCUT2D eigenvalue weighted by molar-refractivity contribution is 5.73. The van der Waals surface area contributed by atoms with Gasteiger partial charge in [-0.25, -0.2) is 4.79 Å². The third-order valence-electron chi connectivity index (χ3n) is 5.27. The molecule has 2 amide bonds. The van der Waals surface area contributed by atoms with Crippen molar-refractivity contribution in [2.45, 2.75) is 25.3 Å². The molecule has 0 unspecified atom stereocenters. The molecule has 0 aromatic heterocycles. The highest BCUT2D eigenvalue weighted by atomic mass is 16.5. The normalized spacial score (nSPS) is 31.5. The second-order valence-corrected chi connectivity index (χ2v) is 7.22. The van der Waals surface area contributed by atoms with Crippen molar-refractivity contribution in [2.75, 3.05) is 66.7 Å². The van der Waals surface area contributed by atoms with E-state index in [1.54, 1.807) is 4.90 Å². The Hall–Kier alpha value is -0.850. The van der Waals surface area contributed by atoms with Crippen LogP contribution < -0.4 is 0 Å². The van der Waals surface area contributed by atoms with Gasteiger partial charge < -0.3 is 19.3 Å². The summed E-state index contributed by atoms with van der Waals surface area (Å²) in [5, 5.41) is 0. The summed E-state index contributed by atoms with van der Waals surface area (Å²) in [4.78, 5) is 18.6. The summed E-state index contributed by atoms with van der Waals surface area (Å²) in [7, 11) is 3.65. The van der Waals surface area contributed by atoms with Crippen LogP contribution in [0, 0.1) is 5.41 Å². The Morgan fingerprint density at radius 3 is 2.59 bits per heavy atom. The minimum atomic E-state index is 0.106. The van der Waals surface area contributed by atoms with Crippen molar-refractivity contribution in [3.05, 3.63) is 0 Å². The third-order valence-corrected chi connectivity index (χ3v) is 5.27. The zero-order valence-electron chi connectivity index (χ0n) is 13.9. The number of hydrogen-bond donors (Lipinski definition) is 0. The number of carbonyl (C=O) groups excluding carboxylic acids is 1. The molecular formula is C16H29N3O3. The number of nitrogens with zero attached hydrogens (tertiary/aromatic N) is 3. The number of likely N-dealkylation sites (tertiary alicyclic amines) is 1. The van der Waals surface area contributed by atoms with Crippen LogP contribution in [0.4, 0.5) is 4.79 Å². The molecule has 3 heterocycles. The van der Waals surface area contributed by atoms with E-state index in [2.05, 4.69) is 4.90 Å². The summed E-state index contributed by atoms with van der Waals surface area (Å²) in [6.45, 7) is 6.90. The largest absolute Gasteiger partial charge is 0.381 e. The van der Waals surface area contributed by atoms with Crippen LogP contribution in [0.2, 0.25) is 0 Å². The van der Waals surface area contributed by atoms with Crippen LogP contribution in [0.25, 0.3) is 0 Å². The molecule has 6 heteroatoms. The van der Waals surface area contributed by atoms with E-state index in [-0.39, 0.29) is 11.4 Å². The van der Waals surface area contributed by atoms with E-state index in [0.717, 1.165) is 58.7 Å². The summed E-state index contributed by atoms with van der Waals surface area (Å²) < 4.78 is 11.3. The molecule has 3 fully saturated rings. The quantitative estimate of drug-likeness (QED) is 0.721. The zero-order valence-corrected chi connectivity index (χ0v) is 13.9. The topological polar surface area (TPSA) is 45.2 Å². The average molecular weight is 311 g/mol. The minimum Gasteiger partial charge on any atom is -0.381 e. The van der Waals surface area contributed by atoms with Crippen molar-refractivity contribution in [3.8, 4) is 0 Å². The molecule has 3 aliphatic heterocycles. The van der Waals surface area contributed by atoms with E-state index in [9.17, 15) is 4.79 Å². The Morgan fingerprint density at radius 1 is 1.09 bits per heavy atom. The lowest BCUT2D eigenvalue weighted by molar-refractivity contribution is 0.0289. The number of hydrogen-bond acceptors (Lipinski definition) is 4. The maximum absolute atomic E-state index is 12.3. The highest BCUT2D eigenvalue weighted by Gasteiger charge is 2.44. The molecule has 0 bridgehead atoms. The van der Waals surface area contributed by atoms with Crippen LogP contribution in [0.5, 0.6) is 0 Å². The molecule has 0 aliphatic carbocycles. The molecule has 1 atom stereocenters. The van der Waals surface area contributed by atoms with Gasteiger partial charge in [-0.3, -0.25) is 4.90 Å². The lowest BCUT2D eigenvalue weighted by Gasteiger charge is -2.35. The molecule has 3 saturated heterocycles. The van der Waals surface area contributed by atoms with Gasteiger partial charge in [-0.2, -0.15) is 0 Å². The summed E-state index contributed by atoms with van der Waals surface area (Å²) in [6.07, 6.45) is 3.40. The summed E-state index contributed by atoms with van der Waals surface area (Å²) >= 11 is 0. The lowest BCUT2D eigenvalue weighted by atomic mass is 9.87. The molecule has 6 nitrogen and oxygen atoms in total. The monoisotopic (exact) mass is 311 g/mol. The van der Waals surface area contributed by atoms with Gasteiger partial charge >= 0.3 is 6.03 Å². The van der Waals surface area contributed by atoms with E-state index in [1.165, 1.54) is 0 Å². The van der Waals surface area contributed by atoms with Crippen molar-refractivity contribution >= 4 is 6.03 Å². The number of carbonyl (C=O) groups is 1. The molecule has 0 radical (unpaired) electrons. The third kappa shape index (κ3) is 3.39. The first-order chi connectivity index (χ1) is 10.6. The van der Waals surface area contributed by atoms with Crippen LogP contribution in [-0.2, 0) is 9.47 Å². The molecule has 22 heavy (non-hydrogen) atoms. The van der Waals surface area contributed by atoms with E-state index in [4.69, 9.17) is 9.47 Å². The summed E-state index contributed by atoms with van der Waals surface area (Å²) in [6, 6.07) is 0.753. The smallest absolute Gasteiger partial charge is 0.319 e. The van der Waals surface area contributed by atoms with Crippen molar-refractivity contribution in [1.29, 1.82) is 0 Å². The minimum absolute atomic E-state index is 0.106. The Labute approximate surface area is 133 Å². The van der Waals surface area contributed by atoms with Crippen molar-refractivity contribution in [3.63, 3.8) is 0 Å². The SMILES string of the molecule is CN(C)C(=O)N1CCOC[C@@]2(CCN(C3CCOCC3)C2)C1. The molecule has 0 saturated carbocycles. The van der Waals surface area contributed by atoms with Crippen LogP contribution in [-0.4, -0.2) is 93.5 Å². The molecule has 3 aliphatic rings. The average Bonchev–Trinajstić information content (AvgIpc) is 2.82. The fourth-order valence-corrected chi connectivity index (χ4v) is 4.02. The second-order valence-electron chi connectivity index (χ2n) is 7.22. The maximum atomic E-state index is 12.3. The first-order valence-electron chi connectivity index (χ1n) is 8.45. The summed E-state index contributed by atoms with van der Waals surface area (Å²) in [5.74, 6) is 0. The summed E-state index contributed by atoms with van der Waals surface area (Å²) in [5.41, 5.74) is 0.112. The van der Waals surface area contributed by atoms with Gasteiger partial charge in [0, 0.05) is 58.4 Å². The number of urea groups is 1. The molecule has 126 valence electrons. The van der Waals surface area contributed by atoms with Gasteiger partial charge in [-0.15, -0.1) is 0 Å². The van der Waals surface area contributed by atoms with Crippen molar-refractivity contribution in [2.24, 2.45) is 5.41 Å². The Bertz CT molecular complexity index is 398. The predicted molar refractivity (Wildman–Crippen MR) is 83.9 cm³/mol. The first-order valence-corrected chi connectivity index (χ1v) is 8.45. The molecule has 0 aromatic carbocycles. The number of ether oxygens (including phenoxy) is 2. The fourth-order valence-electron chi connectivity index (χ4n) is 4.02. The van der Waals surface area contributed by atoms with Gasteiger partial charge in [-0.05, 0) is 25.8 Å². The molecule has 3 rings (SSSR count). The first kappa shape index (κ1) is 16.0. The van der Waals surface area contributed by atoms with Gasteiger partial charge in [0.25, 0.3) is 0 Å². The number of rotatable bonds is 1. The van der Waals surface area contributed by atoms with Crippen molar-refractivity contribution in [1.82, 2.24) is 14.7 Å². The Morgan fingerprint density at radius 2 is 1.86 bits per heavy atom. The van der Waals surface area contributed by atoms with Gasteiger partial charge in [0.15, 0.2) is 0 Å². The maximum Gasteiger partial charge on any atom is 0.319 e. The van der Waals surface area contributed by atoms with E-state index < -0.39 is 0 Å². The molecule has 1 spiro atoms. The van der Waals surface area contributed by atoms with Gasteiger partial charge in [0.1, 0.15) is 0 Å².